The molecule has 0 saturated heterocycles. The molecule has 0 aromatic heterocycles. The fourth-order valence-corrected chi connectivity index (χ4v) is 2.20. The van der Waals surface area contributed by atoms with E-state index in [2.05, 4.69) is 17.6 Å². The van der Waals surface area contributed by atoms with Gasteiger partial charge in [0, 0.05) is 6.42 Å². The van der Waals surface area contributed by atoms with Gasteiger partial charge in [0.05, 0.1) is 0 Å². The van der Waals surface area contributed by atoms with Crippen LogP contribution in [-0.2, 0) is 14.4 Å². The van der Waals surface area contributed by atoms with Crippen molar-refractivity contribution in [2.45, 2.75) is 90.6 Å². The van der Waals surface area contributed by atoms with Crippen molar-refractivity contribution >= 4 is 17.8 Å². The summed E-state index contributed by atoms with van der Waals surface area (Å²) < 4.78 is 0. The van der Waals surface area contributed by atoms with Gasteiger partial charge in [0.1, 0.15) is 12.1 Å². The van der Waals surface area contributed by atoms with Crippen LogP contribution in [0, 0.1) is 0 Å². The molecule has 0 bridgehead atoms. The van der Waals surface area contributed by atoms with Crippen molar-refractivity contribution in [1.29, 1.82) is 0 Å². The number of hydrogen-bond donors (Lipinski definition) is 3. The molecule has 2 atom stereocenters. The molecule has 0 aromatic carbocycles. The number of nitrogens with one attached hydrogen (secondary N) is 2. The van der Waals surface area contributed by atoms with E-state index in [1.54, 1.807) is 6.92 Å². The molecule has 0 rings (SSSR count). The molecule has 6 nitrogen and oxygen atoms in total. The lowest BCUT2D eigenvalue weighted by atomic mass is 10.1. The number of rotatable bonds is 13. The number of aliphatic carboxylic acids is 1. The van der Waals surface area contributed by atoms with Gasteiger partial charge in [0.2, 0.25) is 11.8 Å². The predicted molar refractivity (Wildman–Crippen MR) is 90.1 cm³/mol. The molecule has 0 unspecified atom stereocenters. The Morgan fingerprint density at radius 1 is 0.826 bits per heavy atom. The third-order valence-corrected chi connectivity index (χ3v) is 3.76. The average molecular weight is 328 g/mol. The zero-order valence-corrected chi connectivity index (χ0v) is 14.7. The first-order chi connectivity index (χ1) is 10.9. The number of carbonyl (C=O) groups is 3. The first-order valence-corrected chi connectivity index (χ1v) is 8.71. The summed E-state index contributed by atoms with van der Waals surface area (Å²) in [5.74, 6) is -1.75. The first kappa shape index (κ1) is 21.4. The highest BCUT2D eigenvalue weighted by atomic mass is 16.4. The molecule has 0 aliphatic heterocycles. The second kappa shape index (κ2) is 12.9. The second-order valence-electron chi connectivity index (χ2n) is 6.08. The Morgan fingerprint density at radius 3 is 1.87 bits per heavy atom. The number of carboxylic acid groups (broad SMARTS) is 1. The molecule has 0 radical (unpaired) electrons. The van der Waals surface area contributed by atoms with Crippen molar-refractivity contribution in [3.63, 3.8) is 0 Å². The molecular formula is C17H32N2O4. The van der Waals surface area contributed by atoms with Gasteiger partial charge < -0.3 is 15.7 Å². The summed E-state index contributed by atoms with van der Waals surface area (Å²) in [6, 6.07) is -1.69. The molecule has 0 aliphatic carbocycles. The summed E-state index contributed by atoms with van der Waals surface area (Å²) in [7, 11) is 0. The largest absolute Gasteiger partial charge is 0.480 e. The van der Waals surface area contributed by atoms with Crippen LogP contribution in [0.1, 0.15) is 78.6 Å². The lowest BCUT2D eigenvalue weighted by Crippen LogP contribution is -2.49. The topological polar surface area (TPSA) is 95.5 Å². The molecule has 0 aromatic rings. The lowest BCUT2D eigenvalue weighted by molar-refractivity contribution is -0.141. The zero-order valence-electron chi connectivity index (χ0n) is 14.7. The van der Waals surface area contributed by atoms with E-state index in [0.717, 1.165) is 19.3 Å². The SMILES string of the molecule is CCCCCCCCCCC(=O)N[C@@H](C)C(=O)N[C@@H](C)C(=O)O. The van der Waals surface area contributed by atoms with Crippen molar-refractivity contribution in [3.05, 3.63) is 0 Å². The van der Waals surface area contributed by atoms with Gasteiger partial charge >= 0.3 is 5.97 Å². The smallest absolute Gasteiger partial charge is 0.325 e. The quantitative estimate of drug-likeness (QED) is 0.453. The van der Waals surface area contributed by atoms with Crippen LogP contribution in [0.3, 0.4) is 0 Å². The second-order valence-corrected chi connectivity index (χ2v) is 6.08. The highest BCUT2D eigenvalue weighted by Crippen LogP contribution is 2.09. The minimum absolute atomic E-state index is 0.165. The van der Waals surface area contributed by atoms with Gasteiger partial charge in [-0.1, -0.05) is 51.9 Å². The maximum absolute atomic E-state index is 11.7. The number of amides is 2. The Bertz CT molecular complexity index is 372. The van der Waals surface area contributed by atoms with Crippen LogP contribution in [0.2, 0.25) is 0 Å². The summed E-state index contributed by atoms with van der Waals surface area (Å²) in [6.45, 7) is 5.13. The number of hydrogen-bond acceptors (Lipinski definition) is 3. The summed E-state index contributed by atoms with van der Waals surface area (Å²) >= 11 is 0. The Balaban J connectivity index is 3.72. The molecule has 23 heavy (non-hydrogen) atoms. The maximum atomic E-state index is 11.7. The van der Waals surface area contributed by atoms with E-state index in [1.165, 1.54) is 39.0 Å². The molecular weight excluding hydrogens is 296 g/mol. The Kier molecular flexibility index (Phi) is 12.0. The normalized spacial score (nSPS) is 13.2. The molecule has 3 N–H and O–H groups in total. The maximum Gasteiger partial charge on any atom is 0.325 e. The van der Waals surface area contributed by atoms with Gasteiger partial charge in [0.25, 0.3) is 0 Å². The first-order valence-electron chi connectivity index (χ1n) is 8.71. The minimum Gasteiger partial charge on any atom is -0.480 e. The van der Waals surface area contributed by atoms with Crippen molar-refractivity contribution < 1.29 is 19.5 Å². The van der Waals surface area contributed by atoms with E-state index >= 15 is 0 Å². The van der Waals surface area contributed by atoms with Crippen LogP contribution in [-0.4, -0.2) is 35.0 Å². The fourth-order valence-electron chi connectivity index (χ4n) is 2.20. The standard InChI is InChI=1S/C17H32N2O4/c1-4-5-6-7-8-9-10-11-12-15(20)18-13(2)16(21)19-14(3)17(22)23/h13-14H,4-12H2,1-3H3,(H,18,20)(H,19,21)(H,22,23)/t13-,14-/m0/s1. The average Bonchev–Trinajstić information content (AvgIpc) is 2.49. The Hall–Kier alpha value is -1.59. The highest BCUT2D eigenvalue weighted by Gasteiger charge is 2.20. The van der Waals surface area contributed by atoms with E-state index in [1.807, 2.05) is 0 Å². The van der Waals surface area contributed by atoms with Crippen LogP contribution in [0.15, 0.2) is 0 Å². The van der Waals surface area contributed by atoms with Gasteiger partial charge in [-0.2, -0.15) is 0 Å². The van der Waals surface area contributed by atoms with E-state index < -0.39 is 24.0 Å². The molecule has 134 valence electrons. The van der Waals surface area contributed by atoms with E-state index in [4.69, 9.17) is 5.11 Å². The van der Waals surface area contributed by atoms with Crippen molar-refractivity contribution in [1.82, 2.24) is 10.6 Å². The zero-order chi connectivity index (χ0) is 17.7. The van der Waals surface area contributed by atoms with Crippen LogP contribution >= 0.6 is 0 Å². The predicted octanol–water partition coefficient (Wildman–Crippen LogP) is 2.61. The molecule has 0 fully saturated rings. The van der Waals surface area contributed by atoms with E-state index in [0.29, 0.717) is 6.42 Å². The molecule has 0 heterocycles. The third-order valence-electron chi connectivity index (χ3n) is 3.76. The Morgan fingerprint density at radius 2 is 1.35 bits per heavy atom. The summed E-state index contributed by atoms with van der Waals surface area (Å²) in [5.41, 5.74) is 0. The summed E-state index contributed by atoms with van der Waals surface area (Å²) in [4.78, 5) is 34.1. The van der Waals surface area contributed by atoms with E-state index in [-0.39, 0.29) is 5.91 Å². The molecule has 0 spiro atoms. The van der Waals surface area contributed by atoms with Crippen LogP contribution in [0.4, 0.5) is 0 Å². The van der Waals surface area contributed by atoms with Crippen molar-refractivity contribution in [3.8, 4) is 0 Å². The van der Waals surface area contributed by atoms with Crippen LogP contribution in [0.5, 0.6) is 0 Å². The number of unbranched alkanes of at least 4 members (excludes halogenated alkanes) is 7. The van der Waals surface area contributed by atoms with Gasteiger partial charge in [-0.3, -0.25) is 14.4 Å². The Labute approximate surface area is 139 Å². The lowest BCUT2D eigenvalue weighted by Gasteiger charge is -2.16. The van der Waals surface area contributed by atoms with Gasteiger partial charge in [0.15, 0.2) is 0 Å². The van der Waals surface area contributed by atoms with Gasteiger partial charge in [-0.25, -0.2) is 0 Å². The van der Waals surface area contributed by atoms with Crippen LogP contribution in [0.25, 0.3) is 0 Å². The molecule has 0 saturated carbocycles. The monoisotopic (exact) mass is 328 g/mol. The van der Waals surface area contributed by atoms with Gasteiger partial charge in [-0.15, -0.1) is 0 Å². The molecule has 6 heteroatoms. The van der Waals surface area contributed by atoms with Crippen molar-refractivity contribution in [2.75, 3.05) is 0 Å². The van der Waals surface area contributed by atoms with Crippen molar-refractivity contribution in [2.24, 2.45) is 0 Å². The fraction of sp³-hybridized carbons (Fsp3) is 0.824. The van der Waals surface area contributed by atoms with Crippen LogP contribution < -0.4 is 10.6 Å². The third kappa shape index (κ3) is 11.6. The van der Waals surface area contributed by atoms with E-state index in [9.17, 15) is 14.4 Å². The molecule has 2 amide bonds. The summed E-state index contributed by atoms with van der Waals surface area (Å²) in [5, 5.41) is 13.7. The number of carbonyl (C=O) groups excluding carboxylic acids is 2. The molecule has 0 aliphatic rings. The van der Waals surface area contributed by atoms with Gasteiger partial charge in [-0.05, 0) is 20.3 Å². The minimum atomic E-state index is -1.10. The summed E-state index contributed by atoms with van der Waals surface area (Å²) in [6.07, 6.45) is 9.70. The highest BCUT2D eigenvalue weighted by molar-refractivity contribution is 5.89. The number of carboxylic acids is 1.